The van der Waals surface area contributed by atoms with Crippen molar-refractivity contribution < 1.29 is 14.6 Å². The van der Waals surface area contributed by atoms with Gasteiger partial charge < -0.3 is 20.5 Å². The highest BCUT2D eigenvalue weighted by Gasteiger charge is 2.45. The van der Waals surface area contributed by atoms with Gasteiger partial charge in [0, 0.05) is 34.5 Å². The molecule has 7 heteroatoms. The van der Waals surface area contributed by atoms with Crippen LogP contribution in [-0.2, 0) is 17.6 Å². The van der Waals surface area contributed by atoms with Gasteiger partial charge in [-0.25, -0.2) is 0 Å². The average molecular weight is 579 g/mol. The SMILES string of the molecule is CCc1ccc2c(c1)[C@@H](NC[C@H](O)[C@H](Cc1ccccc1)NC(=O)CSc1cccc(Cl)c1C)CC1(CCC1)O2. The summed E-state index contributed by atoms with van der Waals surface area (Å²) in [7, 11) is 0. The van der Waals surface area contributed by atoms with E-state index in [1.54, 1.807) is 0 Å². The minimum atomic E-state index is -0.764. The lowest BCUT2D eigenvalue weighted by Crippen LogP contribution is -2.52. The van der Waals surface area contributed by atoms with Crippen molar-refractivity contribution in [1.29, 1.82) is 0 Å². The topological polar surface area (TPSA) is 70.6 Å². The van der Waals surface area contributed by atoms with Gasteiger partial charge in [0.1, 0.15) is 11.4 Å². The number of hydrogen-bond acceptors (Lipinski definition) is 5. The molecule has 3 N–H and O–H groups in total. The largest absolute Gasteiger partial charge is 0.487 e. The lowest BCUT2D eigenvalue weighted by atomic mass is 9.72. The Hall–Kier alpha value is -2.51. The zero-order valence-electron chi connectivity index (χ0n) is 23.3. The fourth-order valence-electron chi connectivity index (χ4n) is 5.69. The lowest BCUT2D eigenvalue weighted by Gasteiger charge is -2.48. The molecule has 1 fully saturated rings. The van der Waals surface area contributed by atoms with Crippen LogP contribution in [0.4, 0.5) is 0 Å². The Kier molecular flexibility index (Phi) is 9.41. The van der Waals surface area contributed by atoms with Crippen molar-refractivity contribution in [2.75, 3.05) is 12.3 Å². The van der Waals surface area contributed by atoms with Crippen LogP contribution in [0.15, 0.2) is 71.6 Å². The summed E-state index contributed by atoms with van der Waals surface area (Å²) in [6.07, 6.45) is 4.97. The lowest BCUT2D eigenvalue weighted by molar-refractivity contribution is -0.120. The first kappa shape index (κ1) is 29.0. The number of aryl methyl sites for hydroxylation is 1. The van der Waals surface area contributed by atoms with Gasteiger partial charge in [-0.05, 0) is 73.9 Å². The van der Waals surface area contributed by atoms with E-state index in [1.165, 1.54) is 29.3 Å². The number of fused-ring (bicyclic) bond motifs is 1. The maximum atomic E-state index is 13.1. The molecule has 40 heavy (non-hydrogen) atoms. The third-order valence-corrected chi connectivity index (χ3v) is 9.85. The molecule has 0 aromatic heterocycles. The van der Waals surface area contributed by atoms with Crippen LogP contribution < -0.4 is 15.4 Å². The van der Waals surface area contributed by atoms with Gasteiger partial charge in [0.2, 0.25) is 5.91 Å². The van der Waals surface area contributed by atoms with Gasteiger partial charge in [0.25, 0.3) is 0 Å². The van der Waals surface area contributed by atoms with Crippen molar-refractivity contribution in [3.8, 4) is 5.75 Å². The van der Waals surface area contributed by atoms with Crippen molar-refractivity contribution in [2.45, 2.75) is 81.1 Å². The zero-order chi connectivity index (χ0) is 28.1. The summed E-state index contributed by atoms with van der Waals surface area (Å²) in [6.45, 7) is 4.49. The Morgan fingerprint density at radius 3 is 2.65 bits per heavy atom. The van der Waals surface area contributed by atoms with Crippen LogP contribution in [0.25, 0.3) is 0 Å². The monoisotopic (exact) mass is 578 g/mol. The van der Waals surface area contributed by atoms with Crippen LogP contribution in [0.5, 0.6) is 5.75 Å². The van der Waals surface area contributed by atoms with Gasteiger partial charge in [0.05, 0.1) is 17.9 Å². The second kappa shape index (κ2) is 13.0. The highest BCUT2D eigenvalue weighted by molar-refractivity contribution is 8.00. The molecule has 2 aliphatic rings. The van der Waals surface area contributed by atoms with E-state index >= 15 is 0 Å². The quantitative estimate of drug-likeness (QED) is 0.229. The summed E-state index contributed by atoms with van der Waals surface area (Å²) in [5, 5.41) is 18.9. The van der Waals surface area contributed by atoms with E-state index in [4.69, 9.17) is 16.3 Å². The number of aliphatic hydroxyl groups is 1. The first-order chi connectivity index (χ1) is 19.4. The molecular formula is C33H39ClN2O3S. The van der Waals surface area contributed by atoms with E-state index < -0.39 is 12.1 Å². The van der Waals surface area contributed by atoms with Crippen LogP contribution >= 0.6 is 23.4 Å². The number of carbonyl (C=O) groups is 1. The molecule has 0 bridgehead atoms. The predicted molar refractivity (Wildman–Crippen MR) is 163 cm³/mol. The molecule has 0 unspecified atom stereocenters. The van der Waals surface area contributed by atoms with Crippen molar-refractivity contribution in [2.24, 2.45) is 0 Å². The fraction of sp³-hybridized carbons (Fsp3) is 0.424. The number of nitrogens with one attached hydrogen (secondary N) is 2. The minimum absolute atomic E-state index is 0.0969. The molecule has 0 radical (unpaired) electrons. The summed E-state index contributed by atoms with van der Waals surface area (Å²) in [5.74, 6) is 1.10. The summed E-state index contributed by atoms with van der Waals surface area (Å²) < 4.78 is 6.48. The Balaban J connectivity index is 1.27. The maximum absolute atomic E-state index is 13.1. The molecule has 212 valence electrons. The number of carbonyl (C=O) groups excluding carboxylic acids is 1. The summed E-state index contributed by atoms with van der Waals surface area (Å²) in [6, 6.07) is 21.9. The van der Waals surface area contributed by atoms with Gasteiger partial charge in [0.15, 0.2) is 0 Å². The minimum Gasteiger partial charge on any atom is -0.487 e. The predicted octanol–water partition coefficient (Wildman–Crippen LogP) is 6.43. The number of hydrogen-bond donors (Lipinski definition) is 3. The Bertz CT molecular complexity index is 1310. The molecular weight excluding hydrogens is 540 g/mol. The van der Waals surface area contributed by atoms with Gasteiger partial charge in [-0.15, -0.1) is 11.8 Å². The first-order valence-corrected chi connectivity index (χ1v) is 15.7. The molecule has 3 aromatic rings. The molecule has 1 aliphatic heterocycles. The summed E-state index contributed by atoms with van der Waals surface area (Å²) in [5.41, 5.74) is 4.39. The molecule has 5 rings (SSSR count). The average Bonchev–Trinajstić information content (AvgIpc) is 2.95. The molecule has 1 heterocycles. The summed E-state index contributed by atoms with van der Waals surface area (Å²) >= 11 is 7.72. The second-order valence-corrected chi connectivity index (χ2v) is 12.5. The highest BCUT2D eigenvalue weighted by Crippen LogP contribution is 2.49. The first-order valence-electron chi connectivity index (χ1n) is 14.3. The summed E-state index contributed by atoms with van der Waals surface area (Å²) in [4.78, 5) is 14.1. The molecule has 5 nitrogen and oxygen atoms in total. The molecule has 0 saturated heterocycles. The standard InChI is InChI=1S/C33H39ClN2O3S/c1-3-23-13-14-30-25(17-23)28(19-33(39-30)15-8-16-33)35-20-29(37)27(18-24-9-5-4-6-10-24)36-32(38)21-40-31-12-7-11-26(34)22(31)2/h4-7,9-14,17,27-29,35,37H,3,8,15-16,18-21H2,1-2H3,(H,36,38)/t27-,28-,29-/m0/s1. The normalized spacial score (nSPS) is 18.8. The second-order valence-electron chi connectivity index (χ2n) is 11.1. The van der Waals surface area contributed by atoms with E-state index in [0.717, 1.165) is 47.5 Å². The van der Waals surface area contributed by atoms with Crippen molar-refractivity contribution in [1.82, 2.24) is 10.6 Å². The van der Waals surface area contributed by atoms with E-state index in [2.05, 4.69) is 35.8 Å². The van der Waals surface area contributed by atoms with Gasteiger partial charge in [-0.1, -0.05) is 67.1 Å². The number of rotatable bonds is 11. The van der Waals surface area contributed by atoms with Crippen molar-refractivity contribution in [3.63, 3.8) is 0 Å². The van der Waals surface area contributed by atoms with E-state index in [0.29, 0.717) is 18.0 Å². The zero-order valence-corrected chi connectivity index (χ0v) is 24.9. The molecule has 3 atom stereocenters. The van der Waals surface area contributed by atoms with Crippen molar-refractivity contribution in [3.05, 3.63) is 94.0 Å². The van der Waals surface area contributed by atoms with E-state index in [1.807, 2.05) is 55.5 Å². The number of benzene rings is 3. The van der Waals surface area contributed by atoms with Crippen LogP contribution in [0, 0.1) is 6.92 Å². The molecule has 1 spiro atoms. The third-order valence-electron chi connectivity index (χ3n) is 8.28. The van der Waals surface area contributed by atoms with Crippen LogP contribution in [-0.4, -0.2) is 41.1 Å². The van der Waals surface area contributed by atoms with Crippen LogP contribution in [0.1, 0.15) is 60.9 Å². The Labute approximate surface area is 247 Å². The van der Waals surface area contributed by atoms with Gasteiger partial charge >= 0.3 is 0 Å². The van der Waals surface area contributed by atoms with E-state index in [9.17, 15) is 9.90 Å². The van der Waals surface area contributed by atoms with Crippen LogP contribution in [0.3, 0.4) is 0 Å². The molecule has 1 aliphatic carbocycles. The Morgan fingerprint density at radius 1 is 1.12 bits per heavy atom. The number of ether oxygens (including phenoxy) is 1. The number of thioether (sulfide) groups is 1. The van der Waals surface area contributed by atoms with Gasteiger partial charge in [-0.3, -0.25) is 4.79 Å². The Morgan fingerprint density at radius 2 is 1.93 bits per heavy atom. The van der Waals surface area contributed by atoms with E-state index in [-0.39, 0.29) is 23.3 Å². The third kappa shape index (κ3) is 6.85. The number of halogens is 1. The highest BCUT2D eigenvalue weighted by atomic mass is 35.5. The fourth-order valence-corrected chi connectivity index (χ4v) is 6.79. The smallest absolute Gasteiger partial charge is 0.230 e. The maximum Gasteiger partial charge on any atom is 0.230 e. The molecule has 1 saturated carbocycles. The molecule has 1 amide bonds. The molecule has 3 aromatic carbocycles. The van der Waals surface area contributed by atoms with Crippen LogP contribution in [0.2, 0.25) is 5.02 Å². The number of amides is 1. The number of aliphatic hydroxyl groups excluding tert-OH is 1. The van der Waals surface area contributed by atoms with Gasteiger partial charge in [-0.2, -0.15) is 0 Å². The van der Waals surface area contributed by atoms with Crippen molar-refractivity contribution >= 4 is 29.3 Å².